The minimum Gasteiger partial charge on any atom is -0.497 e. The number of fused-ring (bicyclic) bond motifs is 3. The number of thioether (sulfide) groups is 1. The molecule has 5 rings (SSSR count). The lowest BCUT2D eigenvalue weighted by atomic mass is 10.1. The first-order valence-corrected chi connectivity index (χ1v) is 10.5. The third-order valence-electron chi connectivity index (χ3n) is 4.76. The van der Waals surface area contributed by atoms with E-state index < -0.39 is 0 Å². The highest BCUT2D eigenvalue weighted by atomic mass is 35.5. The van der Waals surface area contributed by atoms with Crippen LogP contribution in [-0.2, 0) is 5.75 Å². The molecule has 0 unspecified atom stereocenters. The second kappa shape index (κ2) is 7.62. The monoisotopic (exact) mass is 437 g/mol. The topological polar surface area (TPSA) is 78.3 Å². The Morgan fingerprint density at radius 2 is 1.87 bits per heavy atom. The zero-order valence-corrected chi connectivity index (χ0v) is 17.7. The Labute approximate surface area is 181 Å². The molecule has 0 aliphatic rings. The van der Waals surface area contributed by atoms with E-state index in [4.69, 9.17) is 20.8 Å². The second-order valence-electron chi connectivity index (χ2n) is 6.68. The third kappa shape index (κ3) is 3.38. The lowest BCUT2D eigenvalue weighted by molar-refractivity contribution is 0.415. The fourth-order valence-electron chi connectivity index (χ4n) is 3.27. The molecule has 0 fully saturated rings. The molecule has 0 radical (unpaired) electrons. The maximum absolute atomic E-state index is 5.94. The number of aromatic nitrogens is 5. The van der Waals surface area contributed by atoms with E-state index in [0.717, 1.165) is 38.6 Å². The molecule has 3 heterocycles. The SMILES string of the molecule is COc1ccc2c(C)cc3nnc(SCc4nnc(-c5ccc(Cl)cc5)o4)n3c2c1. The van der Waals surface area contributed by atoms with Crippen molar-refractivity contribution in [2.24, 2.45) is 0 Å². The molecule has 9 heteroatoms. The number of nitrogens with zero attached hydrogens (tertiary/aromatic N) is 5. The van der Waals surface area contributed by atoms with Gasteiger partial charge in [0.05, 0.1) is 18.4 Å². The minimum atomic E-state index is 0.458. The zero-order valence-electron chi connectivity index (χ0n) is 16.2. The van der Waals surface area contributed by atoms with E-state index in [-0.39, 0.29) is 0 Å². The van der Waals surface area contributed by atoms with Gasteiger partial charge in [-0.25, -0.2) is 0 Å². The second-order valence-corrected chi connectivity index (χ2v) is 8.06. The number of halogens is 1. The van der Waals surface area contributed by atoms with E-state index in [0.29, 0.717) is 22.6 Å². The summed E-state index contributed by atoms with van der Waals surface area (Å²) in [6.07, 6.45) is 0. The largest absolute Gasteiger partial charge is 0.497 e. The number of hydrogen-bond donors (Lipinski definition) is 0. The van der Waals surface area contributed by atoms with Crippen molar-refractivity contribution in [2.75, 3.05) is 7.11 Å². The van der Waals surface area contributed by atoms with E-state index in [1.807, 2.05) is 40.8 Å². The molecule has 150 valence electrons. The van der Waals surface area contributed by atoms with E-state index in [1.165, 1.54) is 11.8 Å². The lowest BCUT2D eigenvalue weighted by Crippen LogP contribution is -1.95. The number of pyridine rings is 1. The van der Waals surface area contributed by atoms with Gasteiger partial charge in [-0.15, -0.1) is 20.4 Å². The van der Waals surface area contributed by atoms with Crippen LogP contribution in [0.2, 0.25) is 5.02 Å². The van der Waals surface area contributed by atoms with Gasteiger partial charge >= 0.3 is 0 Å². The van der Waals surface area contributed by atoms with Crippen molar-refractivity contribution in [3.8, 4) is 17.2 Å². The van der Waals surface area contributed by atoms with Gasteiger partial charge in [-0.3, -0.25) is 4.40 Å². The van der Waals surface area contributed by atoms with Crippen molar-refractivity contribution < 1.29 is 9.15 Å². The van der Waals surface area contributed by atoms with Gasteiger partial charge in [0.2, 0.25) is 11.8 Å². The van der Waals surface area contributed by atoms with Crippen LogP contribution in [0.4, 0.5) is 0 Å². The zero-order chi connectivity index (χ0) is 20.7. The van der Waals surface area contributed by atoms with Crippen LogP contribution < -0.4 is 4.74 Å². The van der Waals surface area contributed by atoms with Crippen molar-refractivity contribution in [1.29, 1.82) is 0 Å². The average molecular weight is 438 g/mol. The molecule has 0 atom stereocenters. The minimum absolute atomic E-state index is 0.458. The number of aryl methyl sites for hydroxylation is 1. The molecule has 0 bridgehead atoms. The van der Waals surface area contributed by atoms with Crippen LogP contribution in [0.25, 0.3) is 28.0 Å². The first-order valence-electron chi connectivity index (χ1n) is 9.16. The molecule has 0 spiro atoms. The summed E-state index contributed by atoms with van der Waals surface area (Å²) in [6, 6.07) is 15.3. The van der Waals surface area contributed by atoms with Crippen LogP contribution in [0.3, 0.4) is 0 Å². The summed E-state index contributed by atoms with van der Waals surface area (Å²) in [7, 11) is 1.66. The first-order chi connectivity index (χ1) is 14.6. The highest BCUT2D eigenvalue weighted by molar-refractivity contribution is 7.98. The van der Waals surface area contributed by atoms with Gasteiger partial charge in [0, 0.05) is 22.0 Å². The quantitative estimate of drug-likeness (QED) is 0.350. The smallest absolute Gasteiger partial charge is 0.247 e. The summed E-state index contributed by atoms with van der Waals surface area (Å²) in [4.78, 5) is 0. The van der Waals surface area contributed by atoms with Gasteiger partial charge in [0.25, 0.3) is 0 Å². The van der Waals surface area contributed by atoms with Crippen molar-refractivity contribution in [2.45, 2.75) is 17.8 Å². The van der Waals surface area contributed by atoms with Crippen LogP contribution >= 0.6 is 23.4 Å². The highest BCUT2D eigenvalue weighted by Gasteiger charge is 2.15. The predicted octanol–water partition coefficient (Wildman–Crippen LogP) is 5.20. The summed E-state index contributed by atoms with van der Waals surface area (Å²) in [5.41, 5.74) is 3.73. The Bertz CT molecular complexity index is 1360. The van der Waals surface area contributed by atoms with E-state index >= 15 is 0 Å². The summed E-state index contributed by atoms with van der Waals surface area (Å²) in [5, 5.41) is 19.5. The molecule has 5 aromatic rings. The van der Waals surface area contributed by atoms with Crippen LogP contribution in [-0.4, -0.2) is 31.9 Å². The number of methoxy groups -OCH3 is 1. The van der Waals surface area contributed by atoms with Crippen LogP contribution in [0.5, 0.6) is 5.75 Å². The number of rotatable bonds is 5. The van der Waals surface area contributed by atoms with Gasteiger partial charge in [-0.2, -0.15) is 0 Å². The lowest BCUT2D eigenvalue weighted by Gasteiger charge is -2.09. The number of benzene rings is 2. The van der Waals surface area contributed by atoms with Crippen LogP contribution in [0.15, 0.2) is 58.1 Å². The Hall–Kier alpha value is -3.10. The molecule has 0 N–H and O–H groups in total. The van der Waals surface area contributed by atoms with Gasteiger partial charge in [0.1, 0.15) is 5.75 Å². The normalized spacial score (nSPS) is 11.4. The Morgan fingerprint density at radius 3 is 2.67 bits per heavy atom. The molecular formula is C21H16ClN5O2S. The molecule has 0 saturated carbocycles. The number of ether oxygens (including phenoxy) is 1. The highest BCUT2D eigenvalue weighted by Crippen LogP contribution is 2.30. The molecule has 7 nitrogen and oxygen atoms in total. The average Bonchev–Trinajstić information content (AvgIpc) is 3.39. The van der Waals surface area contributed by atoms with Gasteiger partial charge in [-0.05, 0) is 55.0 Å². The molecule has 3 aromatic heterocycles. The summed E-state index contributed by atoms with van der Waals surface area (Å²) >= 11 is 7.42. The number of hydrogen-bond acceptors (Lipinski definition) is 7. The van der Waals surface area contributed by atoms with E-state index in [1.54, 1.807) is 19.2 Å². The van der Waals surface area contributed by atoms with Crippen molar-refractivity contribution in [3.63, 3.8) is 0 Å². The maximum atomic E-state index is 5.94. The predicted molar refractivity (Wildman–Crippen MR) is 116 cm³/mol. The van der Waals surface area contributed by atoms with E-state index in [9.17, 15) is 0 Å². The fourth-order valence-corrected chi connectivity index (χ4v) is 4.19. The molecule has 0 saturated heterocycles. The molecule has 30 heavy (non-hydrogen) atoms. The third-order valence-corrected chi connectivity index (χ3v) is 5.92. The molecule has 0 amide bonds. The van der Waals surface area contributed by atoms with Crippen LogP contribution in [0.1, 0.15) is 11.5 Å². The van der Waals surface area contributed by atoms with Crippen molar-refractivity contribution in [3.05, 3.63) is 65.0 Å². The summed E-state index contributed by atoms with van der Waals surface area (Å²) < 4.78 is 13.2. The van der Waals surface area contributed by atoms with E-state index in [2.05, 4.69) is 27.3 Å². The standard InChI is InChI=1S/C21H16ClN5O2S/c1-12-9-18-23-26-21(27(18)17-10-15(28-2)7-8-16(12)17)30-11-19-24-25-20(29-19)13-3-5-14(22)6-4-13/h3-10H,11H2,1-2H3. The molecular weight excluding hydrogens is 422 g/mol. The van der Waals surface area contributed by atoms with Gasteiger partial charge in [-0.1, -0.05) is 23.4 Å². The Morgan fingerprint density at radius 1 is 1.03 bits per heavy atom. The Balaban J connectivity index is 1.46. The summed E-state index contributed by atoms with van der Waals surface area (Å²) in [5.74, 6) is 2.22. The molecule has 2 aromatic carbocycles. The molecule has 0 aliphatic heterocycles. The van der Waals surface area contributed by atoms with Crippen molar-refractivity contribution in [1.82, 2.24) is 24.8 Å². The fraction of sp³-hybridized carbons (Fsp3) is 0.143. The van der Waals surface area contributed by atoms with Gasteiger partial charge in [0.15, 0.2) is 10.8 Å². The van der Waals surface area contributed by atoms with Crippen molar-refractivity contribution >= 4 is 39.9 Å². The van der Waals surface area contributed by atoms with Crippen LogP contribution in [0, 0.1) is 6.92 Å². The van der Waals surface area contributed by atoms with Gasteiger partial charge < -0.3 is 9.15 Å². The molecule has 0 aliphatic carbocycles. The first kappa shape index (κ1) is 18.9. The maximum Gasteiger partial charge on any atom is 0.247 e. The summed E-state index contributed by atoms with van der Waals surface area (Å²) in [6.45, 7) is 2.06. The Kier molecular flexibility index (Phi) is 4.80.